The Balaban J connectivity index is 0.00000165. The molecule has 0 aromatic carbocycles. The van der Waals surface area contributed by atoms with Crippen molar-refractivity contribution in [2.45, 2.75) is 119 Å². The van der Waals surface area contributed by atoms with E-state index in [0.717, 1.165) is 30.5 Å². The Morgan fingerprint density at radius 1 is 0.595 bits per heavy atom. The molecule has 0 atom stereocenters. The summed E-state index contributed by atoms with van der Waals surface area (Å²) in [6.45, 7) is 26.6. The minimum atomic E-state index is -1.61. The second-order valence-corrected chi connectivity index (χ2v) is 14.7. The van der Waals surface area contributed by atoms with Gasteiger partial charge in [-0.3, -0.25) is 0 Å². The molecule has 0 saturated heterocycles. The number of nitrogens with zero attached hydrogens (tertiary/aromatic N) is 7. The first-order valence-electron chi connectivity index (χ1n) is 14.2. The van der Waals surface area contributed by atoms with Crippen LogP contribution in [-0.4, -0.2) is 46.5 Å². The fourth-order valence-corrected chi connectivity index (χ4v) is 8.80. The van der Waals surface area contributed by atoms with Crippen LogP contribution in [-0.2, 0) is 16.5 Å². The van der Waals surface area contributed by atoms with Crippen LogP contribution in [0.25, 0.3) is 0 Å². The van der Waals surface area contributed by atoms with Crippen molar-refractivity contribution in [2.24, 2.45) is 0 Å². The zero-order chi connectivity index (χ0) is 31.7. The van der Waals surface area contributed by atoms with Gasteiger partial charge in [0.25, 0.3) is 5.09 Å². The zero-order valence-electron chi connectivity index (χ0n) is 26.5. The molecule has 3 rings (SSSR count). The van der Waals surface area contributed by atoms with Crippen molar-refractivity contribution in [1.29, 1.82) is 0 Å². The third kappa shape index (κ3) is 8.10. The number of halogens is 3. The third-order valence-electron chi connectivity index (χ3n) is 6.95. The van der Waals surface area contributed by atoms with Gasteiger partial charge in [0.1, 0.15) is 0 Å². The molecule has 0 bridgehead atoms. The summed E-state index contributed by atoms with van der Waals surface area (Å²) in [5.74, 6) is 1.65. The van der Waals surface area contributed by atoms with Crippen LogP contribution >= 0.6 is 47.8 Å². The zero-order valence-corrected chi connectivity index (χ0v) is 32.3. The predicted molar refractivity (Wildman–Crippen MR) is 176 cm³/mol. The molecule has 10 nitrogen and oxygen atoms in total. The van der Waals surface area contributed by atoms with Crippen molar-refractivity contribution in [3.63, 3.8) is 0 Å². The molecule has 0 amide bonds. The number of aromatic nitrogens is 6. The van der Waals surface area contributed by atoms with E-state index in [1.54, 1.807) is 0 Å². The molecule has 0 saturated carbocycles. The predicted octanol–water partition coefficient (Wildman–Crippen LogP) is 8.62. The maximum Gasteiger partial charge on any atom is 0.326 e. The maximum atomic E-state index is 8.36. The molecule has 0 aliphatic carbocycles. The van der Waals surface area contributed by atoms with Gasteiger partial charge in [0.15, 0.2) is 0 Å². The van der Waals surface area contributed by atoms with Gasteiger partial charge in [-0.15, -0.1) is 10.1 Å². The van der Waals surface area contributed by atoms with Gasteiger partial charge in [-0.05, 0) is 83.3 Å². The van der Waals surface area contributed by atoms with E-state index >= 15 is 0 Å². The van der Waals surface area contributed by atoms with Crippen LogP contribution in [0, 0.1) is 10.1 Å². The summed E-state index contributed by atoms with van der Waals surface area (Å²) in [5, 5.41) is 29.6. The first-order chi connectivity index (χ1) is 18.8. The number of hydrogen-bond acceptors (Lipinski definition) is 5. The van der Waals surface area contributed by atoms with Crippen LogP contribution in [0.5, 0.6) is 0 Å². The van der Waals surface area contributed by atoms with E-state index in [1.165, 1.54) is 17.1 Å². The Morgan fingerprint density at radius 2 is 0.786 bits per heavy atom. The van der Waals surface area contributed by atoms with Gasteiger partial charge in [0.05, 0.1) is 30.5 Å². The summed E-state index contributed by atoms with van der Waals surface area (Å²) in [5.41, 5.74) is 6.77. The summed E-state index contributed by atoms with van der Waals surface area (Å²) in [6.07, 6.45) is 0. The molecule has 0 spiro atoms. The fraction of sp³-hybridized carbons (Fsp3) is 0.667. The minimum absolute atomic E-state index is 0. The SMILES string of the molecule is CC(C)c1nn([BH-](n2nc(C(C)C)c(Br)c2C(C)C)n2nc(C(C)C)c(Br)c2C(C)C)c(C(C)C)c1Br.O=[N+]([O-])O.[Ni]. The molecule has 240 valence electrons. The molecule has 0 fully saturated rings. The van der Waals surface area contributed by atoms with Crippen molar-refractivity contribution >= 4 is 54.9 Å². The largest absolute Gasteiger partial charge is 0.399 e. The topological polar surface area (TPSA) is 117 Å². The normalized spacial score (nSPS) is 11.9. The molecule has 0 radical (unpaired) electrons. The van der Waals surface area contributed by atoms with Crippen molar-refractivity contribution < 1.29 is 26.8 Å². The Kier molecular flexibility index (Phi) is 14.5. The summed E-state index contributed by atoms with van der Waals surface area (Å²) in [7, 11) is -1.61. The average Bonchev–Trinajstić information content (AvgIpc) is 3.45. The van der Waals surface area contributed by atoms with E-state index in [9.17, 15) is 0 Å². The van der Waals surface area contributed by atoms with Crippen molar-refractivity contribution in [1.82, 2.24) is 29.1 Å². The minimum Gasteiger partial charge on any atom is -0.399 e. The quantitative estimate of drug-likeness (QED) is 0.131. The molecule has 3 aromatic heterocycles. The second-order valence-electron chi connectivity index (χ2n) is 12.3. The van der Waals surface area contributed by atoms with Crippen LogP contribution < -0.4 is 0 Å². The Labute approximate surface area is 285 Å². The monoisotopic (exact) mass is 820 g/mol. The molecule has 3 aromatic rings. The standard InChI is InChI=1S/C27H43BBr3N6.HNO3.Ni/c1-13(2)22-19(29)25(16(7)8)35(32-22)28(36-26(17(9)10)20(30)23(33-36)14(3)4)37-27(18(11)12)21(31)24(34-37)15(5)6;2-1(3)4;/h13-18,28H,1-12H3;(H,2,3,4);/q-1;;. The van der Waals surface area contributed by atoms with Crippen LogP contribution in [0.3, 0.4) is 0 Å². The summed E-state index contributed by atoms with van der Waals surface area (Å²) in [6, 6.07) is 0. The maximum absolute atomic E-state index is 8.36. The Hall–Kier alpha value is -1.17. The molecular formula is C27H44BBr3N7NiO3-. The van der Waals surface area contributed by atoms with E-state index in [0.29, 0.717) is 0 Å². The first kappa shape index (κ1) is 38.9. The van der Waals surface area contributed by atoms with Gasteiger partial charge in [-0.1, -0.05) is 83.1 Å². The third-order valence-corrected chi connectivity index (χ3v) is 9.39. The smallest absolute Gasteiger partial charge is 0.326 e. The number of rotatable bonds is 9. The van der Waals surface area contributed by atoms with Gasteiger partial charge in [0.2, 0.25) is 0 Å². The van der Waals surface area contributed by atoms with Crippen molar-refractivity contribution in [3.8, 4) is 0 Å². The van der Waals surface area contributed by atoms with Gasteiger partial charge >= 0.3 is 7.12 Å². The molecule has 1 N–H and O–H groups in total. The first-order valence-corrected chi connectivity index (χ1v) is 16.6. The van der Waals surface area contributed by atoms with Crippen molar-refractivity contribution in [3.05, 3.63) is 57.7 Å². The van der Waals surface area contributed by atoms with E-state index in [-0.39, 0.29) is 52.0 Å². The van der Waals surface area contributed by atoms with Crippen LogP contribution in [0.4, 0.5) is 0 Å². The van der Waals surface area contributed by atoms with E-state index in [4.69, 9.17) is 30.6 Å². The van der Waals surface area contributed by atoms with E-state index < -0.39 is 12.2 Å². The van der Waals surface area contributed by atoms with Gasteiger partial charge in [0, 0.05) is 33.6 Å². The summed E-state index contributed by atoms with van der Waals surface area (Å²) >= 11 is 11.8. The molecule has 15 heteroatoms. The number of hydrogen-bond donors (Lipinski definition) is 1. The summed E-state index contributed by atoms with van der Waals surface area (Å²) in [4.78, 5) is 8.36. The van der Waals surface area contributed by atoms with Gasteiger partial charge < -0.3 is 19.0 Å². The van der Waals surface area contributed by atoms with E-state index in [2.05, 4.69) is 145 Å². The molecule has 0 unspecified atom stereocenters. The molecule has 3 heterocycles. The Morgan fingerprint density at radius 3 is 0.929 bits per heavy atom. The Bertz CT molecular complexity index is 1210. The van der Waals surface area contributed by atoms with Crippen molar-refractivity contribution in [2.75, 3.05) is 0 Å². The molecular weight excluding hydrogens is 780 g/mol. The van der Waals surface area contributed by atoms with E-state index in [1.807, 2.05) is 0 Å². The fourth-order valence-electron chi connectivity index (χ4n) is 5.21. The average molecular weight is 824 g/mol. The summed E-state index contributed by atoms with van der Waals surface area (Å²) < 4.78 is 10.0. The molecule has 0 aliphatic heterocycles. The van der Waals surface area contributed by atoms with Crippen LogP contribution in [0.2, 0.25) is 0 Å². The van der Waals surface area contributed by atoms with Crippen LogP contribution in [0.1, 0.15) is 153 Å². The van der Waals surface area contributed by atoms with Crippen LogP contribution in [0.15, 0.2) is 13.4 Å². The molecule has 0 aliphatic rings. The second kappa shape index (κ2) is 15.7. The van der Waals surface area contributed by atoms with Gasteiger partial charge in [-0.25, -0.2) is 15.3 Å². The van der Waals surface area contributed by atoms with Gasteiger partial charge in [-0.2, -0.15) is 0 Å². The molecule has 42 heavy (non-hydrogen) atoms.